The molecule has 3 heterocycles. The molecule has 134 valence electrons. The summed E-state index contributed by atoms with van der Waals surface area (Å²) in [6, 6.07) is 9.15. The molecule has 2 amide bonds. The highest BCUT2D eigenvalue weighted by Gasteiger charge is 2.36. The van der Waals surface area contributed by atoms with Crippen LogP contribution < -0.4 is 4.90 Å². The van der Waals surface area contributed by atoms with E-state index in [1.54, 1.807) is 6.07 Å². The molecule has 4 rings (SSSR count). The summed E-state index contributed by atoms with van der Waals surface area (Å²) < 4.78 is 0.926. The normalized spacial score (nSPS) is 17.0. The summed E-state index contributed by atoms with van der Waals surface area (Å²) in [5, 5.41) is 0. The van der Waals surface area contributed by atoms with Crippen LogP contribution in [0.15, 0.2) is 30.3 Å². The number of amides is 2. The van der Waals surface area contributed by atoms with Crippen LogP contribution in [-0.4, -0.2) is 35.6 Å². The first-order valence-corrected chi connectivity index (χ1v) is 10.5. The number of Topliss-reactive ketones (excluding diaryl/α,β-unsaturated/α-hetero) is 1. The number of hydrogen-bond acceptors (Lipinski definition) is 4. The van der Waals surface area contributed by atoms with Gasteiger partial charge in [-0.3, -0.25) is 19.3 Å². The van der Waals surface area contributed by atoms with E-state index in [1.807, 2.05) is 29.2 Å². The number of likely N-dealkylation sites (tertiary alicyclic amines) is 1. The summed E-state index contributed by atoms with van der Waals surface area (Å²) in [7, 11) is 0. The lowest BCUT2D eigenvalue weighted by atomic mass is 10.1. The maximum absolute atomic E-state index is 12.6. The number of thiophene rings is 1. The summed E-state index contributed by atoms with van der Waals surface area (Å²) >= 11 is 3.54. The molecule has 0 spiro atoms. The van der Waals surface area contributed by atoms with Crippen molar-refractivity contribution in [2.75, 3.05) is 18.0 Å². The highest BCUT2D eigenvalue weighted by Crippen LogP contribution is 2.33. The van der Waals surface area contributed by atoms with Gasteiger partial charge in [0, 0.05) is 21.5 Å². The number of carbonyl (C=O) groups excluding carboxylic acids is 3. The zero-order valence-electron chi connectivity index (χ0n) is 14.0. The van der Waals surface area contributed by atoms with Gasteiger partial charge in [0.1, 0.15) is 0 Å². The van der Waals surface area contributed by atoms with E-state index in [0.717, 1.165) is 34.4 Å². The van der Waals surface area contributed by atoms with Gasteiger partial charge in [-0.05, 0) is 72.2 Å². The van der Waals surface area contributed by atoms with Gasteiger partial charge in [-0.25, -0.2) is 0 Å². The van der Waals surface area contributed by atoms with Crippen LogP contribution in [0.25, 0.3) is 0 Å². The molecule has 0 atom stereocenters. The Hall–Kier alpha value is -1.74. The van der Waals surface area contributed by atoms with E-state index < -0.39 is 11.7 Å². The molecule has 2 aliphatic heterocycles. The maximum Gasteiger partial charge on any atom is 0.299 e. The molecule has 0 unspecified atom stereocenters. The summed E-state index contributed by atoms with van der Waals surface area (Å²) in [6.07, 6.45) is 3.30. The molecule has 7 heteroatoms. The van der Waals surface area contributed by atoms with E-state index in [-0.39, 0.29) is 5.91 Å². The van der Waals surface area contributed by atoms with Crippen molar-refractivity contribution in [2.45, 2.75) is 25.8 Å². The Bertz CT molecular complexity index is 902. The molecule has 0 bridgehead atoms. The molecule has 26 heavy (non-hydrogen) atoms. The van der Waals surface area contributed by atoms with Crippen molar-refractivity contribution in [1.82, 2.24) is 4.90 Å². The quantitative estimate of drug-likeness (QED) is 0.498. The second-order valence-corrected chi connectivity index (χ2v) is 8.91. The van der Waals surface area contributed by atoms with Crippen LogP contribution in [0.5, 0.6) is 0 Å². The van der Waals surface area contributed by atoms with Crippen LogP contribution in [0.3, 0.4) is 0 Å². The predicted octanol–water partition coefficient (Wildman–Crippen LogP) is 3.71. The van der Waals surface area contributed by atoms with Crippen LogP contribution in [0.1, 0.15) is 44.2 Å². The van der Waals surface area contributed by atoms with E-state index in [0.29, 0.717) is 22.7 Å². The smallest absolute Gasteiger partial charge is 0.299 e. The Morgan fingerprint density at radius 1 is 1.08 bits per heavy atom. The van der Waals surface area contributed by atoms with E-state index in [2.05, 4.69) is 22.6 Å². The first-order valence-electron chi connectivity index (χ1n) is 8.58. The zero-order valence-corrected chi connectivity index (χ0v) is 17.0. The van der Waals surface area contributed by atoms with Gasteiger partial charge in [-0.15, -0.1) is 11.3 Å². The van der Waals surface area contributed by atoms with Crippen LogP contribution >= 0.6 is 33.9 Å². The van der Waals surface area contributed by atoms with E-state index in [4.69, 9.17) is 0 Å². The van der Waals surface area contributed by atoms with Gasteiger partial charge in [-0.2, -0.15) is 0 Å². The van der Waals surface area contributed by atoms with Gasteiger partial charge in [-0.1, -0.05) is 0 Å². The van der Waals surface area contributed by atoms with E-state index in [9.17, 15) is 14.4 Å². The first kappa shape index (κ1) is 17.7. The number of fused-ring (bicyclic) bond motifs is 1. The molecule has 0 N–H and O–H groups in total. The molecular formula is C19H17IN2O3S. The zero-order chi connectivity index (χ0) is 18.3. The van der Waals surface area contributed by atoms with Crippen molar-refractivity contribution in [2.24, 2.45) is 0 Å². The van der Waals surface area contributed by atoms with Crippen molar-refractivity contribution < 1.29 is 14.4 Å². The van der Waals surface area contributed by atoms with Crippen molar-refractivity contribution in [3.05, 3.63) is 49.2 Å². The number of ketones is 1. The molecule has 0 radical (unpaired) electrons. The van der Waals surface area contributed by atoms with E-state index >= 15 is 0 Å². The summed E-state index contributed by atoms with van der Waals surface area (Å²) in [6.45, 7) is 1.95. The molecule has 1 saturated heterocycles. The lowest BCUT2D eigenvalue weighted by Crippen LogP contribution is -2.35. The largest absolute Gasteiger partial charge is 0.338 e. The average molecular weight is 480 g/mol. The third-order valence-corrected chi connectivity index (χ3v) is 6.49. The van der Waals surface area contributed by atoms with Crippen LogP contribution in [-0.2, 0) is 11.3 Å². The molecule has 2 aromatic rings. The highest BCUT2D eigenvalue weighted by atomic mass is 127. The number of halogens is 1. The highest BCUT2D eigenvalue weighted by molar-refractivity contribution is 14.1. The fourth-order valence-electron chi connectivity index (χ4n) is 3.42. The van der Waals surface area contributed by atoms with Gasteiger partial charge in [0.05, 0.1) is 22.7 Å². The Kier molecular flexibility index (Phi) is 4.83. The van der Waals surface area contributed by atoms with Gasteiger partial charge in [0.25, 0.3) is 17.6 Å². The molecule has 1 aromatic carbocycles. The molecule has 0 aliphatic carbocycles. The molecule has 2 aliphatic rings. The van der Waals surface area contributed by atoms with Crippen molar-refractivity contribution in [3.63, 3.8) is 0 Å². The minimum Gasteiger partial charge on any atom is -0.338 e. The fourth-order valence-corrected chi connectivity index (χ4v) is 4.87. The van der Waals surface area contributed by atoms with Gasteiger partial charge in [0.2, 0.25) is 0 Å². The molecule has 0 saturated carbocycles. The SMILES string of the molecule is O=C1C(=O)N(Cc2ccc(C(=O)N3CCCCC3)s2)c2ccc(I)cc21. The second kappa shape index (κ2) is 7.11. The number of benzene rings is 1. The van der Waals surface area contributed by atoms with E-state index in [1.165, 1.54) is 22.7 Å². The maximum atomic E-state index is 12.6. The second-order valence-electron chi connectivity index (χ2n) is 6.50. The van der Waals surface area contributed by atoms with Crippen LogP contribution in [0.2, 0.25) is 0 Å². The monoisotopic (exact) mass is 480 g/mol. The minimum absolute atomic E-state index is 0.0692. The number of piperidine rings is 1. The minimum atomic E-state index is -0.501. The Labute approximate surface area is 169 Å². The number of anilines is 1. The molecule has 1 aromatic heterocycles. The summed E-state index contributed by atoms with van der Waals surface area (Å²) in [5.74, 6) is -0.890. The van der Waals surface area contributed by atoms with Gasteiger partial charge < -0.3 is 4.90 Å². The Balaban J connectivity index is 1.54. The topological polar surface area (TPSA) is 57.7 Å². The third kappa shape index (κ3) is 3.18. The predicted molar refractivity (Wildman–Crippen MR) is 109 cm³/mol. The average Bonchev–Trinajstić information content (AvgIpc) is 3.21. The fraction of sp³-hybridized carbons (Fsp3) is 0.316. The first-order chi connectivity index (χ1) is 12.5. The summed E-state index contributed by atoms with van der Waals surface area (Å²) in [4.78, 5) is 42.2. The lowest BCUT2D eigenvalue weighted by molar-refractivity contribution is -0.114. The van der Waals surface area contributed by atoms with Crippen LogP contribution in [0.4, 0.5) is 5.69 Å². The van der Waals surface area contributed by atoms with Gasteiger partial charge in [0.15, 0.2) is 0 Å². The van der Waals surface area contributed by atoms with Crippen molar-refractivity contribution in [3.8, 4) is 0 Å². The Morgan fingerprint density at radius 3 is 2.62 bits per heavy atom. The Morgan fingerprint density at radius 2 is 1.85 bits per heavy atom. The van der Waals surface area contributed by atoms with Crippen molar-refractivity contribution >= 4 is 57.2 Å². The summed E-state index contributed by atoms with van der Waals surface area (Å²) in [5.41, 5.74) is 1.11. The lowest BCUT2D eigenvalue weighted by Gasteiger charge is -2.26. The van der Waals surface area contributed by atoms with Crippen LogP contribution in [0, 0.1) is 3.57 Å². The standard InChI is InChI=1S/C19H17IN2O3S/c20-12-4-6-15-14(10-12)17(23)19(25)22(15)11-13-5-7-16(26-13)18(24)21-8-2-1-3-9-21/h4-7,10H,1-3,8-9,11H2. The third-order valence-electron chi connectivity index (χ3n) is 4.76. The number of rotatable bonds is 3. The number of carbonyl (C=O) groups is 3. The van der Waals surface area contributed by atoms with Gasteiger partial charge >= 0.3 is 0 Å². The molecule has 5 nitrogen and oxygen atoms in total. The molecular weight excluding hydrogens is 463 g/mol. The van der Waals surface area contributed by atoms with Crippen molar-refractivity contribution in [1.29, 1.82) is 0 Å². The number of hydrogen-bond donors (Lipinski definition) is 0. The number of nitrogens with zero attached hydrogens (tertiary/aromatic N) is 2. The molecule has 1 fully saturated rings.